The van der Waals surface area contributed by atoms with Gasteiger partial charge in [-0.1, -0.05) is 0 Å². The molecule has 3 aliphatic rings. The van der Waals surface area contributed by atoms with Gasteiger partial charge in [-0.15, -0.1) is 0 Å². The summed E-state index contributed by atoms with van der Waals surface area (Å²) in [6.45, 7) is 9.94. The molecule has 0 spiro atoms. The fourth-order valence-electron chi connectivity index (χ4n) is 5.43. The van der Waals surface area contributed by atoms with Crippen LogP contribution >= 0.6 is 0 Å². The van der Waals surface area contributed by atoms with Crippen LogP contribution in [0.3, 0.4) is 0 Å². The summed E-state index contributed by atoms with van der Waals surface area (Å²) in [6, 6.07) is 6.21. The zero-order chi connectivity index (χ0) is 20.7. The summed E-state index contributed by atoms with van der Waals surface area (Å²) in [7, 11) is 0. The van der Waals surface area contributed by atoms with Gasteiger partial charge in [0.25, 0.3) is 0 Å². The maximum absolute atomic E-state index is 10.7. The number of nitrogens with one attached hydrogen (secondary N) is 1. The molecule has 0 aromatic carbocycles. The summed E-state index contributed by atoms with van der Waals surface area (Å²) in [5.41, 5.74) is 4.35. The molecule has 0 bridgehead atoms. The van der Waals surface area contributed by atoms with Gasteiger partial charge in [-0.2, -0.15) is 5.10 Å². The Balaban J connectivity index is 1.21. The first-order valence-corrected chi connectivity index (χ1v) is 11.3. The van der Waals surface area contributed by atoms with Crippen molar-refractivity contribution in [2.24, 2.45) is 11.8 Å². The molecule has 4 atom stereocenters. The van der Waals surface area contributed by atoms with E-state index in [0.29, 0.717) is 11.8 Å². The predicted molar refractivity (Wildman–Crippen MR) is 114 cm³/mol. The highest BCUT2D eigenvalue weighted by Gasteiger charge is 2.42. The zero-order valence-corrected chi connectivity index (χ0v) is 18.0. The number of aliphatic hydroxyl groups is 1. The number of nitrogens with zero attached hydrogens (tertiary/aromatic N) is 4. The van der Waals surface area contributed by atoms with Crippen LogP contribution in [0.5, 0.6) is 5.75 Å². The first kappa shape index (κ1) is 20.0. The van der Waals surface area contributed by atoms with Crippen LogP contribution in [0.2, 0.25) is 0 Å². The minimum atomic E-state index is -0.415. The predicted octanol–water partition coefficient (Wildman–Crippen LogP) is 2.04. The topological polar surface area (TPSA) is 75.4 Å². The van der Waals surface area contributed by atoms with Crippen molar-refractivity contribution in [1.29, 1.82) is 0 Å². The van der Waals surface area contributed by atoms with Crippen LogP contribution in [0, 0.1) is 25.7 Å². The zero-order valence-electron chi connectivity index (χ0n) is 18.0. The van der Waals surface area contributed by atoms with Crippen LogP contribution < -0.4 is 10.1 Å². The lowest BCUT2D eigenvalue weighted by atomic mass is 9.78. The Kier molecular flexibility index (Phi) is 5.52. The number of pyridine rings is 1. The summed E-state index contributed by atoms with van der Waals surface area (Å²) in [5, 5.41) is 19.1. The Labute approximate surface area is 178 Å². The highest BCUT2D eigenvalue weighted by molar-refractivity contribution is 5.28. The molecule has 2 fully saturated rings. The fourth-order valence-corrected chi connectivity index (χ4v) is 5.43. The van der Waals surface area contributed by atoms with Crippen molar-refractivity contribution in [3.8, 4) is 5.75 Å². The molecular formula is C23H33N5O2. The number of ether oxygens (including phenoxy) is 1. The third-order valence-corrected chi connectivity index (χ3v) is 6.94. The third kappa shape index (κ3) is 4.11. The lowest BCUT2D eigenvalue weighted by Crippen LogP contribution is -2.42. The second-order valence-electron chi connectivity index (χ2n) is 9.33. The van der Waals surface area contributed by atoms with Crippen molar-refractivity contribution in [3.05, 3.63) is 41.0 Å². The molecule has 0 unspecified atom stereocenters. The van der Waals surface area contributed by atoms with Crippen LogP contribution in [-0.4, -0.2) is 56.6 Å². The molecule has 2 aliphatic heterocycles. The van der Waals surface area contributed by atoms with Gasteiger partial charge in [0.15, 0.2) is 0 Å². The number of aliphatic hydroxyl groups excluding tert-OH is 1. The smallest absolute Gasteiger partial charge is 0.141 e. The minimum Gasteiger partial charge on any atom is -0.486 e. The standard InChI is InChI=1S/C23H33N5O2/c1-15-4-5-22(16(2)25-15)30-23-9-18-13-27(12-17(18)8-21(23)29)14-19-10-20-11-24-6-3-7-28(20)26-19/h4-5,10,17-18,21,23-24,29H,3,6-9,11-14H2,1-2H3/t17-,18+,21+,23+/m0/s1. The molecule has 162 valence electrons. The molecule has 0 amide bonds. The van der Waals surface area contributed by atoms with Gasteiger partial charge in [0.1, 0.15) is 11.9 Å². The summed E-state index contributed by atoms with van der Waals surface area (Å²) in [6.07, 6.45) is 2.29. The minimum absolute atomic E-state index is 0.149. The maximum Gasteiger partial charge on any atom is 0.141 e. The highest BCUT2D eigenvalue weighted by atomic mass is 16.5. The van der Waals surface area contributed by atoms with Crippen LogP contribution in [0.15, 0.2) is 18.2 Å². The molecule has 2 N–H and O–H groups in total. The Hall–Kier alpha value is -1.96. The SMILES string of the molecule is Cc1ccc(O[C@@H]2C[C@@H]3CN(Cc4cc5n(n4)CCCNC5)C[C@@H]3C[C@H]2O)c(C)n1. The number of aromatic nitrogens is 3. The van der Waals surface area contributed by atoms with Crippen LogP contribution in [-0.2, 0) is 19.6 Å². The molecule has 0 radical (unpaired) electrons. The molecule has 30 heavy (non-hydrogen) atoms. The number of rotatable bonds is 4. The monoisotopic (exact) mass is 411 g/mol. The van der Waals surface area contributed by atoms with Crippen molar-refractivity contribution < 1.29 is 9.84 Å². The van der Waals surface area contributed by atoms with Gasteiger partial charge >= 0.3 is 0 Å². The van der Waals surface area contributed by atoms with Crippen molar-refractivity contribution in [2.45, 2.75) is 65.0 Å². The first-order valence-electron chi connectivity index (χ1n) is 11.3. The maximum atomic E-state index is 10.7. The van der Waals surface area contributed by atoms with Crippen molar-refractivity contribution in [1.82, 2.24) is 25.0 Å². The summed E-state index contributed by atoms with van der Waals surface area (Å²) in [4.78, 5) is 7.01. The van der Waals surface area contributed by atoms with E-state index in [0.717, 1.165) is 75.7 Å². The van der Waals surface area contributed by atoms with E-state index >= 15 is 0 Å². The van der Waals surface area contributed by atoms with E-state index in [1.54, 1.807) is 0 Å². The Bertz CT molecular complexity index is 874. The average molecular weight is 412 g/mol. The molecule has 2 aromatic rings. The van der Waals surface area contributed by atoms with Gasteiger partial charge in [0.2, 0.25) is 0 Å². The van der Waals surface area contributed by atoms with Gasteiger partial charge < -0.3 is 15.2 Å². The van der Waals surface area contributed by atoms with Gasteiger partial charge in [0.05, 0.1) is 23.2 Å². The molecule has 7 nitrogen and oxygen atoms in total. The largest absolute Gasteiger partial charge is 0.486 e. The van der Waals surface area contributed by atoms with E-state index in [1.165, 1.54) is 11.4 Å². The Morgan fingerprint density at radius 1 is 1.20 bits per heavy atom. The third-order valence-electron chi connectivity index (χ3n) is 6.94. The van der Waals surface area contributed by atoms with Crippen molar-refractivity contribution in [3.63, 3.8) is 0 Å². The van der Waals surface area contributed by atoms with Gasteiger partial charge in [0, 0.05) is 38.4 Å². The molecule has 1 aliphatic carbocycles. The number of likely N-dealkylation sites (tertiary alicyclic amines) is 1. The van der Waals surface area contributed by atoms with Crippen molar-refractivity contribution >= 4 is 0 Å². The van der Waals surface area contributed by atoms with Crippen LogP contribution in [0.4, 0.5) is 0 Å². The average Bonchev–Trinajstić information content (AvgIpc) is 3.19. The summed E-state index contributed by atoms with van der Waals surface area (Å²) in [5.74, 6) is 1.91. The van der Waals surface area contributed by atoms with Crippen LogP contribution in [0.1, 0.15) is 42.0 Å². The Morgan fingerprint density at radius 3 is 2.87 bits per heavy atom. The molecular weight excluding hydrogens is 378 g/mol. The lowest BCUT2D eigenvalue weighted by Gasteiger charge is -2.35. The normalized spacial score (nSPS) is 29.3. The van der Waals surface area contributed by atoms with Gasteiger partial charge in [-0.05, 0) is 69.7 Å². The van der Waals surface area contributed by atoms with E-state index in [4.69, 9.17) is 9.84 Å². The molecule has 5 rings (SSSR count). The van der Waals surface area contributed by atoms with Crippen molar-refractivity contribution in [2.75, 3.05) is 19.6 Å². The number of fused-ring (bicyclic) bond motifs is 2. The van der Waals surface area contributed by atoms with Crippen LogP contribution in [0.25, 0.3) is 0 Å². The molecule has 2 aromatic heterocycles. The second kappa shape index (κ2) is 8.29. The highest BCUT2D eigenvalue weighted by Crippen LogP contribution is 2.38. The Morgan fingerprint density at radius 2 is 2.03 bits per heavy atom. The number of hydrogen-bond acceptors (Lipinski definition) is 6. The molecule has 1 saturated carbocycles. The van der Waals surface area contributed by atoms with Gasteiger partial charge in [-0.3, -0.25) is 14.6 Å². The lowest BCUT2D eigenvalue weighted by molar-refractivity contribution is -0.0236. The van der Waals surface area contributed by atoms with Gasteiger partial charge in [-0.25, -0.2) is 0 Å². The quantitative estimate of drug-likeness (QED) is 0.802. The van der Waals surface area contributed by atoms with E-state index in [1.807, 2.05) is 26.0 Å². The van der Waals surface area contributed by atoms with E-state index in [-0.39, 0.29) is 6.10 Å². The molecule has 7 heteroatoms. The molecule has 4 heterocycles. The van der Waals surface area contributed by atoms with E-state index in [2.05, 4.69) is 25.9 Å². The summed E-state index contributed by atoms with van der Waals surface area (Å²) >= 11 is 0. The number of aryl methyl sites for hydroxylation is 3. The fraction of sp³-hybridized carbons (Fsp3) is 0.652. The van der Waals surface area contributed by atoms with E-state index in [9.17, 15) is 5.11 Å². The molecule has 1 saturated heterocycles. The second-order valence-corrected chi connectivity index (χ2v) is 9.33. The number of hydrogen-bond donors (Lipinski definition) is 2. The van der Waals surface area contributed by atoms with E-state index < -0.39 is 6.10 Å². The first-order chi connectivity index (χ1) is 14.5. The summed E-state index contributed by atoms with van der Waals surface area (Å²) < 4.78 is 8.40.